The van der Waals surface area contributed by atoms with Crippen molar-refractivity contribution in [1.82, 2.24) is 10.2 Å². The lowest BCUT2D eigenvalue weighted by Gasteiger charge is -2.09. The van der Waals surface area contributed by atoms with Crippen LogP contribution in [0, 0.1) is 17.0 Å². The van der Waals surface area contributed by atoms with Gasteiger partial charge in [0.2, 0.25) is 11.7 Å². The van der Waals surface area contributed by atoms with Gasteiger partial charge in [-0.25, -0.2) is 4.39 Å². The van der Waals surface area contributed by atoms with Crippen LogP contribution in [0.2, 0.25) is 0 Å². The van der Waals surface area contributed by atoms with Crippen molar-refractivity contribution < 1.29 is 13.5 Å². The van der Waals surface area contributed by atoms with E-state index in [9.17, 15) is 8.78 Å². The predicted molar refractivity (Wildman–Crippen MR) is 67.2 cm³/mol. The fraction of sp³-hybridized carbons (Fsp3) is 0. The van der Waals surface area contributed by atoms with Gasteiger partial charge in [-0.2, -0.15) is 9.49 Å². The van der Waals surface area contributed by atoms with Crippen molar-refractivity contribution in [1.29, 1.82) is 5.41 Å². The van der Waals surface area contributed by atoms with E-state index in [1.807, 2.05) is 0 Å². The number of rotatable bonds is 3. The van der Waals surface area contributed by atoms with Crippen molar-refractivity contribution in [3.8, 4) is 11.6 Å². The summed E-state index contributed by atoms with van der Waals surface area (Å²) in [5.41, 5.74) is 5.46. The highest BCUT2D eigenvalue weighted by atomic mass is 79.9. The summed E-state index contributed by atoms with van der Waals surface area (Å²) in [6.45, 7) is 0. The molecular weight excluding hydrogens is 322 g/mol. The van der Waals surface area contributed by atoms with Crippen molar-refractivity contribution >= 4 is 21.8 Å². The molecule has 1 aromatic heterocycles. The maximum absolute atomic E-state index is 13.5. The number of halogens is 3. The maximum atomic E-state index is 13.5. The van der Waals surface area contributed by atoms with Crippen LogP contribution < -0.4 is 10.5 Å². The Bertz CT molecular complexity index is 651. The molecule has 19 heavy (non-hydrogen) atoms. The minimum absolute atomic E-state index is 0.134. The number of hydrogen-bond donors (Lipinski definition) is 2. The molecule has 0 saturated carbocycles. The normalized spacial score (nSPS) is 10.3. The minimum Gasteiger partial charge on any atom is -0.434 e. The molecule has 0 bridgehead atoms. The quantitative estimate of drug-likeness (QED) is 0.515. The Morgan fingerprint density at radius 2 is 2.11 bits per heavy atom. The lowest BCUT2D eigenvalue weighted by molar-refractivity contribution is 0.400. The summed E-state index contributed by atoms with van der Waals surface area (Å²) < 4.78 is 32.2. The Kier molecular flexibility index (Phi) is 3.70. The number of nitrogens with one attached hydrogen (secondary N) is 1. The number of hydrogen-bond acceptors (Lipinski definition) is 4. The number of benzene rings is 1. The molecule has 8 heteroatoms. The Morgan fingerprint density at radius 1 is 1.37 bits per heavy atom. The van der Waals surface area contributed by atoms with Crippen molar-refractivity contribution in [2.75, 3.05) is 0 Å². The number of aromatic nitrogens is 2. The van der Waals surface area contributed by atoms with E-state index in [-0.39, 0.29) is 23.0 Å². The first-order valence-electron chi connectivity index (χ1n) is 4.97. The van der Waals surface area contributed by atoms with Gasteiger partial charge in [-0.3, -0.25) is 5.41 Å². The molecule has 98 valence electrons. The van der Waals surface area contributed by atoms with Crippen LogP contribution >= 0.6 is 15.9 Å². The Hall–Kier alpha value is -2.09. The molecular formula is C11H7BrF2N4O. The minimum atomic E-state index is -1.16. The van der Waals surface area contributed by atoms with E-state index in [0.29, 0.717) is 4.47 Å². The molecule has 5 nitrogen and oxygen atoms in total. The SMILES string of the molecule is N=C(N)c1ccnnc1Oc1cc(Br)cc(F)c1F. The number of nitrogen functional groups attached to an aromatic ring is 1. The van der Waals surface area contributed by atoms with Gasteiger partial charge < -0.3 is 10.5 Å². The van der Waals surface area contributed by atoms with Crippen LogP contribution in [0.15, 0.2) is 28.9 Å². The third-order valence-corrected chi connectivity index (χ3v) is 2.60. The molecule has 0 aliphatic heterocycles. The Labute approximate surface area is 115 Å². The smallest absolute Gasteiger partial charge is 0.250 e. The van der Waals surface area contributed by atoms with Gasteiger partial charge in [0.25, 0.3) is 0 Å². The van der Waals surface area contributed by atoms with Gasteiger partial charge in [0.05, 0.1) is 11.8 Å². The molecule has 0 unspecified atom stereocenters. The number of amidine groups is 1. The molecule has 0 fully saturated rings. The van der Waals surface area contributed by atoms with Gasteiger partial charge in [-0.1, -0.05) is 15.9 Å². The zero-order valence-corrected chi connectivity index (χ0v) is 10.9. The molecule has 0 aliphatic carbocycles. The lowest BCUT2D eigenvalue weighted by Crippen LogP contribution is -2.13. The number of nitrogens with two attached hydrogens (primary N) is 1. The van der Waals surface area contributed by atoms with Crippen molar-refractivity contribution in [2.45, 2.75) is 0 Å². The van der Waals surface area contributed by atoms with E-state index in [1.54, 1.807) is 0 Å². The van der Waals surface area contributed by atoms with E-state index in [0.717, 1.165) is 6.07 Å². The summed E-state index contributed by atoms with van der Waals surface area (Å²) in [4.78, 5) is 0. The van der Waals surface area contributed by atoms with Gasteiger partial charge in [-0.15, -0.1) is 5.10 Å². The first kappa shape index (κ1) is 13.3. The highest BCUT2D eigenvalue weighted by Gasteiger charge is 2.16. The van der Waals surface area contributed by atoms with Crippen LogP contribution in [-0.4, -0.2) is 16.0 Å². The molecule has 0 spiro atoms. The molecule has 0 saturated heterocycles. The second-order valence-corrected chi connectivity index (χ2v) is 4.38. The molecule has 1 heterocycles. The Balaban J connectivity index is 2.45. The third-order valence-electron chi connectivity index (χ3n) is 2.14. The summed E-state index contributed by atoms with van der Waals surface area (Å²) in [5.74, 6) is -3.11. The predicted octanol–water partition coefficient (Wildman–Crippen LogP) is 2.59. The van der Waals surface area contributed by atoms with E-state index in [2.05, 4.69) is 26.1 Å². The van der Waals surface area contributed by atoms with Crippen molar-refractivity contribution in [3.05, 3.63) is 46.1 Å². The first-order valence-corrected chi connectivity index (χ1v) is 5.77. The standard InChI is InChI=1S/C11H7BrF2N4O/c12-5-3-7(13)9(14)8(4-5)19-11-6(10(15)16)1-2-17-18-11/h1-4H,(H3,15,16). The summed E-state index contributed by atoms with van der Waals surface area (Å²) in [6, 6.07) is 3.58. The van der Waals surface area contributed by atoms with E-state index >= 15 is 0 Å². The van der Waals surface area contributed by atoms with E-state index in [4.69, 9.17) is 15.9 Å². The molecule has 0 amide bonds. The molecule has 0 atom stereocenters. The van der Waals surface area contributed by atoms with Crippen LogP contribution in [0.25, 0.3) is 0 Å². The fourth-order valence-electron chi connectivity index (χ4n) is 1.31. The van der Waals surface area contributed by atoms with Crippen LogP contribution in [0.4, 0.5) is 8.78 Å². The van der Waals surface area contributed by atoms with Gasteiger partial charge in [-0.05, 0) is 18.2 Å². The van der Waals surface area contributed by atoms with Gasteiger partial charge in [0.1, 0.15) is 5.84 Å². The Morgan fingerprint density at radius 3 is 2.79 bits per heavy atom. The van der Waals surface area contributed by atoms with E-state index in [1.165, 1.54) is 18.3 Å². The van der Waals surface area contributed by atoms with Gasteiger partial charge in [0, 0.05) is 4.47 Å². The molecule has 3 N–H and O–H groups in total. The average Bonchev–Trinajstić information content (AvgIpc) is 2.35. The average molecular weight is 329 g/mol. The number of nitrogens with zero attached hydrogens (tertiary/aromatic N) is 2. The second-order valence-electron chi connectivity index (χ2n) is 3.47. The van der Waals surface area contributed by atoms with Crippen LogP contribution in [0.5, 0.6) is 11.6 Å². The van der Waals surface area contributed by atoms with Crippen LogP contribution in [-0.2, 0) is 0 Å². The zero-order valence-electron chi connectivity index (χ0n) is 9.32. The summed E-state index contributed by atoms with van der Waals surface area (Å²) in [7, 11) is 0. The van der Waals surface area contributed by atoms with Gasteiger partial charge in [0.15, 0.2) is 11.6 Å². The van der Waals surface area contributed by atoms with Crippen molar-refractivity contribution in [3.63, 3.8) is 0 Å². The lowest BCUT2D eigenvalue weighted by atomic mass is 10.2. The molecule has 1 aromatic carbocycles. The zero-order chi connectivity index (χ0) is 14.0. The third kappa shape index (κ3) is 2.84. The largest absolute Gasteiger partial charge is 0.434 e. The van der Waals surface area contributed by atoms with Gasteiger partial charge >= 0.3 is 0 Å². The molecule has 2 rings (SSSR count). The first-order chi connectivity index (χ1) is 8.99. The monoisotopic (exact) mass is 328 g/mol. The number of ether oxygens (including phenoxy) is 1. The maximum Gasteiger partial charge on any atom is 0.250 e. The van der Waals surface area contributed by atoms with Crippen LogP contribution in [0.3, 0.4) is 0 Å². The van der Waals surface area contributed by atoms with E-state index < -0.39 is 11.6 Å². The highest BCUT2D eigenvalue weighted by Crippen LogP contribution is 2.29. The summed E-state index contributed by atoms with van der Waals surface area (Å²) >= 11 is 3.02. The molecule has 2 aromatic rings. The topological polar surface area (TPSA) is 84.9 Å². The summed E-state index contributed by atoms with van der Waals surface area (Å²) in [6.07, 6.45) is 1.31. The van der Waals surface area contributed by atoms with Crippen LogP contribution in [0.1, 0.15) is 5.56 Å². The summed E-state index contributed by atoms with van der Waals surface area (Å²) in [5, 5.41) is 14.5. The molecule has 0 radical (unpaired) electrons. The second kappa shape index (κ2) is 5.27. The molecule has 0 aliphatic rings. The van der Waals surface area contributed by atoms with Crippen molar-refractivity contribution in [2.24, 2.45) is 5.73 Å². The fourth-order valence-corrected chi connectivity index (χ4v) is 1.72. The highest BCUT2D eigenvalue weighted by molar-refractivity contribution is 9.10.